The minimum atomic E-state index is -0.790. The van der Waals surface area contributed by atoms with Gasteiger partial charge >= 0.3 is 11.9 Å². The van der Waals surface area contributed by atoms with Gasteiger partial charge in [0.1, 0.15) is 17.8 Å². The van der Waals surface area contributed by atoms with Crippen LogP contribution in [-0.4, -0.2) is 49.1 Å². The average molecular weight is 583 g/mol. The average Bonchev–Trinajstić information content (AvgIpc) is 2.87. The van der Waals surface area contributed by atoms with Crippen LogP contribution in [0, 0.1) is 0 Å². The minimum Gasteiger partial charge on any atom is -0.508 e. The van der Waals surface area contributed by atoms with E-state index in [0.717, 1.165) is 6.08 Å². The van der Waals surface area contributed by atoms with Gasteiger partial charge in [0.05, 0.1) is 14.2 Å². The standard InChI is InChI=1S/C27H30N2O8.2ClH/c1-16(28)26(32)36-22-11-7-18(13-24(22)34-3)5-9-20(30)15-21(31)10-6-19-8-12-23(25(14-19)35-4)37-27(33)17(2)29;;/h5-17,30H,28-29H2,1-4H3;2*1H/b9-5+,10-6+,20-15?;;. The highest BCUT2D eigenvalue weighted by molar-refractivity contribution is 6.02. The third kappa shape index (κ3) is 11.2. The van der Waals surface area contributed by atoms with Gasteiger partial charge < -0.3 is 35.5 Å². The molecule has 5 N–H and O–H groups in total. The Morgan fingerprint density at radius 3 is 1.54 bits per heavy atom. The molecule has 2 atom stereocenters. The lowest BCUT2D eigenvalue weighted by atomic mass is 10.1. The maximum atomic E-state index is 12.2. The summed E-state index contributed by atoms with van der Waals surface area (Å²) in [6.45, 7) is 3.01. The van der Waals surface area contributed by atoms with Crippen molar-refractivity contribution in [2.75, 3.05) is 14.2 Å². The lowest BCUT2D eigenvalue weighted by Crippen LogP contribution is -2.30. The van der Waals surface area contributed by atoms with Gasteiger partial charge in [0.25, 0.3) is 0 Å². The molecule has 0 heterocycles. The zero-order chi connectivity index (χ0) is 27.5. The van der Waals surface area contributed by atoms with Crippen LogP contribution in [0.2, 0.25) is 0 Å². The number of halogens is 2. The second-order valence-corrected chi connectivity index (χ2v) is 7.88. The van der Waals surface area contributed by atoms with Gasteiger partial charge in [-0.3, -0.25) is 4.79 Å². The second kappa shape index (κ2) is 16.9. The van der Waals surface area contributed by atoms with Gasteiger partial charge in [-0.1, -0.05) is 24.3 Å². The third-order valence-electron chi connectivity index (χ3n) is 4.72. The number of benzene rings is 2. The number of ether oxygens (including phenoxy) is 4. The first kappa shape index (κ1) is 35.2. The third-order valence-corrected chi connectivity index (χ3v) is 4.72. The van der Waals surface area contributed by atoms with Crippen molar-refractivity contribution in [2.24, 2.45) is 11.5 Å². The van der Waals surface area contributed by atoms with Crippen molar-refractivity contribution < 1.29 is 38.4 Å². The normalized spacial score (nSPS) is 12.6. The Morgan fingerprint density at radius 1 is 0.744 bits per heavy atom. The maximum absolute atomic E-state index is 12.2. The van der Waals surface area contributed by atoms with Gasteiger partial charge in [0.15, 0.2) is 28.8 Å². The van der Waals surface area contributed by atoms with E-state index < -0.39 is 29.8 Å². The molecule has 0 aliphatic rings. The molecule has 2 aromatic carbocycles. The highest BCUT2D eigenvalue weighted by Gasteiger charge is 2.15. The van der Waals surface area contributed by atoms with Crippen LogP contribution in [-0.2, 0) is 14.4 Å². The Labute approximate surface area is 239 Å². The summed E-state index contributed by atoms with van der Waals surface area (Å²) in [5.74, 6) is -0.962. The first-order valence-electron chi connectivity index (χ1n) is 11.2. The monoisotopic (exact) mass is 582 g/mol. The molecule has 212 valence electrons. The summed E-state index contributed by atoms with van der Waals surface area (Å²) in [7, 11) is 2.84. The number of aliphatic hydroxyl groups is 1. The number of allylic oxidation sites excluding steroid dienone is 3. The Balaban J connectivity index is 0.00000722. The molecule has 0 aliphatic heterocycles. The van der Waals surface area contributed by atoms with Crippen LogP contribution in [0.1, 0.15) is 25.0 Å². The summed E-state index contributed by atoms with van der Waals surface area (Å²) in [5.41, 5.74) is 12.2. The highest BCUT2D eigenvalue weighted by atomic mass is 35.5. The molecule has 2 rings (SSSR count). The van der Waals surface area contributed by atoms with E-state index in [0.29, 0.717) is 22.6 Å². The summed E-state index contributed by atoms with van der Waals surface area (Å²) in [4.78, 5) is 35.7. The number of aliphatic hydroxyl groups excluding tert-OH is 1. The van der Waals surface area contributed by atoms with Gasteiger partial charge in [-0.2, -0.15) is 0 Å². The summed E-state index contributed by atoms with van der Waals surface area (Å²) < 4.78 is 20.8. The van der Waals surface area contributed by atoms with Crippen molar-refractivity contribution in [1.82, 2.24) is 0 Å². The number of nitrogens with two attached hydrogens (primary N) is 2. The summed E-state index contributed by atoms with van der Waals surface area (Å²) in [6.07, 6.45) is 6.70. The molecule has 0 aliphatic carbocycles. The molecule has 0 amide bonds. The Hall–Kier alpha value is -3.83. The van der Waals surface area contributed by atoms with Gasteiger partial charge in [0, 0.05) is 6.08 Å². The summed E-state index contributed by atoms with van der Waals surface area (Å²) in [5, 5.41) is 10.1. The zero-order valence-electron chi connectivity index (χ0n) is 21.8. The molecule has 0 radical (unpaired) electrons. The summed E-state index contributed by atoms with van der Waals surface area (Å²) >= 11 is 0. The fourth-order valence-electron chi connectivity index (χ4n) is 2.75. The maximum Gasteiger partial charge on any atom is 0.328 e. The molecule has 0 aromatic heterocycles. The molecule has 0 saturated heterocycles. The van der Waals surface area contributed by atoms with Crippen molar-refractivity contribution in [3.8, 4) is 23.0 Å². The van der Waals surface area contributed by atoms with Gasteiger partial charge in [0.2, 0.25) is 0 Å². The quantitative estimate of drug-likeness (QED) is 0.117. The zero-order valence-corrected chi connectivity index (χ0v) is 23.4. The van der Waals surface area contributed by atoms with E-state index >= 15 is 0 Å². The van der Waals surface area contributed by atoms with Crippen LogP contribution in [0.25, 0.3) is 12.2 Å². The van der Waals surface area contributed by atoms with E-state index in [4.69, 9.17) is 30.4 Å². The number of ketones is 1. The Morgan fingerprint density at radius 2 is 1.15 bits per heavy atom. The SMILES string of the molecule is COc1cc(/C=C/C(=O)C=C(O)/C=C/c2ccc(OC(=O)C(C)N)c(OC)c2)ccc1OC(=O)C(C)N.Cl.Cl. The predicted molar refractivity (Wildman–Crippen MR) is 153 cm³/mol. The number of hydrogen-bond donors (Lipinski definition) is 3. The molecular formula is C27H32Cl2N2O8. The first-order valence-corrected chi connectivity index (χ1v) is 11.2. The van der Waals surface area contributed by atoms with Crippen LogP contribution in [0.15, 0.2) is 60.4 Å². The molecule has 2 aromatic rings. The van der Waals surface area contributed by atoms with Crippen molar-refractivity contribution in [1.29, 1.82) is 0 Å². The molecule has 0 saturated carbocycles. The van der Waals surface area contributed by atoms with Crippen molar-refractivity contribution in [2.45, 2.75) is 25.9 Å². The van der Waals surface area contributed by atoms with Gasteiger partial charge in [-0.05, 0) is 61.4 Å². The van der Waals surface area contributed by atoms with E-state index in [9.17, 15) is 19.5 Å². The van der Waals surface area contributed by atoms with E-state index in [-0.39, 0.29) is 42.1 Å². The summed E-state index contributed by atoms with van der Waals surface area (Å²) in [6, 6.07) is 7.92. The van der Waals surface area contributed by atoms with Crippen LogP contribution in [0.3, 0.4) is 0 Å². The molecule has 12 heteroatoms. The lowest BCUT2D eigenvalue weighted by molar-refractivity contribution is -0.136. The number of esters is 2. The molecule has 0 spiro atoms. The lowest BCUT2D eigenvalue weighted by Gasteiger charge is -2.11. The van der Waals surface area contributed by atoms with Gasteiger partial charge in [-0.15, -0.1) is 24.8 Å². The largest absolute Gasteiger partial charge is 0.508 e. The fraction of sp³-hybridized carbons (Fsp3) is 0.222. The van der Waals surface area contributed by atoms with E-state index in [1.165, 1.54) is 58.4 Å². The number of rotatable bonds is 11. The van der Waals surface area contributed by atoms with Crippen LogP contribution < -0.4 is 30.4 Å². The van der Waals surface area contributed by atoms with E-state index in [1.807, 2.05) is 0 Å². The molecule has 0 bridgehead atoms. The Bertz CT molecular complexity index is 1240. The van der Waals surface area contributed by atoms with Crippen LogP contribution in [0.5, 0.6) is 23.0 Å². The number of carbonyl (C=O) groups is 3. The highest BCUT2D eigenvalue weighted by Crippen LogP contribution is 2.30. The molecule has 0 fully saturated rings. The minimum absolute atomic E-state index is 0. The molecule has 2 unspecified atom stereocenters. The molecular weight excluding hydrogens is 551 g/mol. The Kier molecular flexibility index (Phi) is 15.2. The van der Waals surface area contributed by atoms with Crippen molar-refractivity contribution >= 4 is 54.7 Å². The van der Waals surface area contributed by atoms with Crippen LogP contribution >= 0.6 is 24.8 Å². The number of hydrogen-bond acceptors (Lipinski definition) is 10. The molecule has 10 nitrogen and oxygen atoms in total. The predicted octanol–water partition coefficient (Wildman–Crippen LogP) is 3.79. The number of methoxy groups -OCH3 is 2. The topological polar surface area (TPSA) is 160 Å². The number of carbonyl (C=O) groups excluding carboxylic acids is 3. The smallest absolute Gasteiger partial charge is 0.328 e. The second-order valence-electron chi connectivity index (χ2n) is 7.88. The van der Waals surface area contributed by atoms with Gasteiger partial charge in [-0.25, -0.2) is 9.59 Å². The van der Waals surface area contributed by atoms with Crippen molar-refractivity contribution in [3.63, 3.8) is 0 Å². The van der Waals surface area contributed by atoms with E-state index in [2.05, 4.69) is 0 Å². The first-order chi connectivity index (χ1) is 17.5. The fourth-order valence-corrected chi connectivity index (χ4v) is 2.75. The van der Waals surface area contributed by atoms with E-state index in [1.54, 1.807) is 30.3 Å². The molecule has 39 heavy (non-hydrogen) atoms. The van der Waals surface area contributed by atoms with Crippen molar-refractivity contribution in [3.05, 3.63) is 71.5 Å². The van der Waals surface area contributed by atoms with Crippen LogP contribution in [0.4, 0.5) is 0 Å².